The molecule has 1 unspecified atom stereocenters. The van der Waals surface area contributed by atoms with Crippen LogP contribution >= 0.6 is 34.5 Å². The Morgan fingerprint density at radius 2 is 1.89 bits per heavy atom. The van der Waals surface area contributed by atoms with Crippen molar-refractivity contribution in [2.24, 2.45) is 0 Å². The molecule has 0 radical (unpaired) electrons. The van der Waals surface area contributed by atoms with Crippen molar-refractivity contribution < 1.29 is 5.11 Å². The topological polar surface area (TPSA) is 45.1 Å². The van der Waals surface area contributed by atoms with Gasteiger partial charge in [0.25, 0.3) is 0 Å². The van der Waals surface area contributed by atoms with Crippen molar-refractivity contribution in [3.8, 4) is 5.75 Å². The van der Waals surface area contributed by atoms with Crippen molar-refractivity contribution >= 4 is 51.1 Å². The van der Waals surface area contributed by atoms with Crippen molar-refractivity contribution in [2.75, 3.05) is 5.32 Å². The lowest BCUT2D eigenvalue weighted by atomic mass is 10.0. The number of hydrogen-bond donors (Lipinski definition) is 2. The molecular formula is C21H16Cl2N2OS. The minimum absolute atomic E-state index is 0.173. The van der Waals surface area contributed by atoms with E-state index >= 15 is 0 Å². The highest BCUT2D eigenvalue weighted by Gasteiger charge is 2.21. The van der Waals surface area contributed by atoms with Gasteiger partial charge < -0.3 is 10.4 Å². The van der Waals surface area contributed by atoms with Gasteiger partial charge in [0.05, 0.1) is 16.8 Å². The van der Waals surface area contributed by atoms with Crippen molar-refractivity contribution in [2.45, 2.75) is 13.0 Å². The maximum atomic E-state index is 11.0. The molecule has 3 nitrogen and oxygen atoms in total. The fourth-order valence-electron chi connectivity index (χ4n) is 3.04. The maximum absolute atomic E-state index is 11.0. The third kappa shape index (κ3) is 3.61. The minimum Gasteiger partial charge on any atom is -0.505 e. The molecule has 0 amide bonds. The lowest BCUT2D eigenvalue weighted by molar-refractivity contribution is 0.472. The highest BCUT2D eigenvalue weighted by molar-refractivity contribution is 7.10. The quantitative estimate of drug-likeness (QED) is 0.385. The first kappa shape index (κ1) is 18.1. The zero-order chi connectivity index (χ0) is 19.0. The van der Waals surface area contributed by atoms with Gasteiger partial charge in [-0.05, 0) is 42.6 Å². The van der Waals surface area contributed by atoms with Gasteiger partial charge in [0.15, 0.2) is 0 Å². The molecule has 4 aromatic rings. The fraction of sp³-hybridized carbons (Fsp3) is 0.0952. The maximum Gasteiger partial charge on any atom is 0.147 e. The Labute approximate surface area is 171 Å². The van der Waals surface area contributed by atoms with E-state index in [9.17, 15) is 5.11 Å². The number of halogens is 2. The molecule has 136 valence electrons. The molecule has 1 atom stereocenters. The summed E-state index contributed by atoms with van der Waals surface area (Å²) in [4.78, 5) is 5.58. The van der Waals surface area contributed by atoms with E-state index in [1.807, 2.05) is 54.8 Å². The van der Waals surface area contributed by atoms with E-state index in [2.05, 4.69) is 10.3 Å². The summed E-state index contributed by atoms with van der Waals surface area (Å²) >= 11 is 14.0. The number of thiophene rings is 1. The number of anilines is 1. The van der Waals surface area contributed by atoms with Crippen molar-refractivity contribution in [3.05, 3.63) is 86.2 Å². The van der Waals surface area contributed by atoms with Crippen LogP contribution in [0.15, 0.2) is 60.0 Å². The van der Waals surface area contributed by atoms with E-state index in [1.54, 1.807) is 23.5 Å². The molecule has 2 aromatic heterocycles. The average molecular weight is 415 g/mol. The summed E-state index contributed by atoms with van der Waals surface area (Å²) in [6.07, 6.45) is 0. The van der Waals surface area contributed by atoms with Crippen molar-refractivity contribution in [1.29, 1.82) is 0 Å². The largest absolute Gasteiger partial charge is 0.505 e. The number of phenolic OH excluding ortho intramolecular Hbond substituents is 1. The van der Waals surface area contributed by atoms with Gasteiger partial charge in [0.1, 0.15) is 11.3 Å². The summed E-state index contributed by atoms with van der Waals surface area (Å²) in [5.41, 5.74) is 2.94. The van der Waals surface area contributed by atoms with E-state index in [0.717, 1.165) is 27.2 Å². The van der Waals surface area contributed by atoms with Gasteiger partial charge in [0.2, 0.25) is 0 Å². The lowest BCUT2D eigenvalue weighted by Gasteiger charge is -2.22. The number of hydrogen-bond acceptors (Lipinski definition) is 4. The standard InChI is InChI=1S/C21H16Cl2N2OS/c1-12-4-5-13-6-8-15(21(26)19(13)24-12)20(18-3-2-10-27-18)25-17-9-7-14(22)11-16(17)23/h2-11,20,25-26H,1H3. The second-order valence-electron chi connectivity index (χ2n) is 6.24. The summed E-state index contributed by atoms with van der Waals surface area (Å²) in [7, 11) is 0. The van der Waals surface area contributed by atoms with Crippen LogP contribution in [0.4, 0.5) is 5.69 Å². The predicted molar refractivity (Wildman–Crippen MR) is 114 cm³/mol. The molecule has 0 fully saturated rings. The summed E-state index contributed by atoms with van der Waals surface area (Å²) in [5, 5.41) is 18.4. The third-order valence-corrected chi connectivity index (χ3v) is 5.86. The second kappa shape index (κ2) is 7.39. The van der Waals surface area contributed by atoms with Crippen molar-refractivity contribution in [1.82, 2.24) is 4.98 Å². The van der Waals surface area contributed by atoms with E-state index in [4.69, 9.17) is 23.2 Å². The van der Waals surface area contributed by atoms with E-state index in [1.165, 1.54) is 0 Å². The zero-order valence-corrected chi connectivity index (χ0v) is 16.7. The number of nitrogens with zero attached hydrogens (tertiary/aromatic N) is 1. The van der Waals surface area contributed by atoms with Crippen LogP contribution in [-0.2, 0) is 0 Å². The van der Waals surface area contributed by atoms with Crippen LogP contribution in [0.5, 0.6) is 5.75 Å². The lowest BCUT2D eigenvalue weighted by Crippen LogP contribution is -2.12. The molecule has 0 bridgehead atoms. The molecule has 0 aliphatic heterocycles. The average Bonchev–Trinajstić information content (AvgIpc) is 3.17. The monoisotopic (exact) mass is 414 g/mol. The number of aryl methyl sites for hydroxylation is 1. The smallest absolute Gasteiger partial charge is 0.147 e. The van der Waals surface area contributed by atoms with Gasteiger partial charge in [-0.3, -0.25) is 0 Å². The van der Waals surface area contributed by atoms with Gasteiger partial charge in [0, 0.05) is 26.5 Å². The molecule has 4 rings (SSSR count). The summed E-state index contributed by atoms with van der Waals surface area (Å²) < 4.78 is 0. The predicted octanol–water partition coefficient (Wildman–Crippen LogP) is 6.82. The molecule has 6 heteroatoms. The number of nitrogens with one attached hydrogen (secondary N) is 1. The van der Waals surface area contributed by atoms with Gasteiger partial charge in [-0.25, -0.2) is 4.98 Å². The molecule has 2 N–H and O–H groups in total. The number of aromatic hydroxyl groups is 1. The normalized spacial score (nSPS) is 12.3. The molecule has 27 heavy (non-hydrogen) atoms. The number of rotatable bonds is 4. The molecule has 2 aromatic carbocycles. The minimum atomic E-state index is -0.268. The first-order chi connectivity index (χ1) is 13.0. The van der Waals surface area contributed by atoms with Crippen LogP contribution in [-0.4, -0.2) is 10.1 Å². The summed E-state index contributed by atoms with van der Waals surface area (Å²) in [5.74, 6) is 0.173. The number of aromatic nitrogens is 1. The van der Waals surface area contributed by atoms with Crippen LogP contribution < -0.4 is 5.32 Å². The second-order valence-corrected chi connectivity index (χ2v) is 8.07. The molecule has 0 spiro atoms. The third-order valence-electron chi connectivity index (χ3n) is 4.38. The Kier molecular flexibility index (Phi) is 4.96. The zero-order valence-electron chi connectivity index (χ0n) is 14.4. The van der Waals surface area contributed by atoms with Crippen LogP contribution in [0.3, 0.4) is 0 Å². The Bertz CT molecular complexity index is 1110. The molecule has 2 heterocycles. The number of benzene rings is 2. The van der Waals surface area contributed by atoms with Gasteiger partial charge in [-0.15, -0.1) is 11.3 Å². The number of fused-ring (bicyclic) bond motifs is 1. The van der Waals surface area contributed by atoms with E-state index in [-0.39, 0.29) is 11.8 Å². The molecule has 0 aliphatic rings. The van der Waals surface area contributed by atoms with E-state index < -0.39 is 0 Å². The first-order valence-electron chi connectivity index (χ1n) is 8.37. The Morgan fingerprint density at radius 1 is 1.07 bits per heavy atom. The van der Waals surface area contributed by atoms with Crippen LogP contribution in [0.2, 0.25) is 10.0 Å². The summed E-state index contributed by atoms with van der Waals surface area (Å²) in [6.45, 7) is 1.91. The first-order valence-corrected chi connectivity index (χ1v) is 10.0. The van der Waals surface area contributed by atoms with Gasteiger partial charge in [-0.2, -0.15) is 0 Å². The van der Waals surface area contributed by atoms with Crippen LogP contribution in [0.1, 0.15) is 22.2 Å². The SMILES string of the molecule is Cc1ccc2ccc(C(Nc3ccc(Cl)cc3Cl)c3cccs3)c(O)c2n1. The van der Waals surface area contributed by atoms with Crippen LogP contribution in [0, 0.1) is 6.92 Å². The molecule has 0 saturated carbocycles. The number of pyridine rings is 1. The fourth-order valence-corrected chi connectivity index (χ4v) is 4.30. The van der Waals surface area contributed by atoms with Crippen LogP contribution in [0.25, 0.3) is 10.9 Å². The highest BCUT2D eigenvalue weighted by Crippen LogP contribution is 2.39. The highest BCUT2D eigenvalue weighted by atomic mass is 35.5. The Balaban J connectivity index is 1.84. The molecular weight excluding hydrogens is 399 g/mol. The Morgan fingerprint density at radius 3 is 2.63 bits per heavy atom. The van der Waals surface area contributed by atoms with E-state index in [0.29, 0.717) is 15.6 Å². The molecule has 0 aliphatic carbocycles. The van der Waals surface area contributed by atoms with Gasteiger partial charge >= 0.3 is 0 Å². The number of phenols is 1. The summed E-state index contributed by atoms with van der Waals surface area (Å²) in [6, 6.07) is 16.9. The Hall–Kier alpha value is -2.27. The molecule has 0 saturated heterocycles. The van der Waals surface area contributed by atoms with Crippen molar-refractivity contribution in [3.63, 3.8) is 0 Å². The van der Waals surface area contributed by atoms with Gasteiger partial charge in [-0.1, -0.05) is 47.5 Å².